The van der Waals surface area contributed by atoms with E-state index in [2.05, 4.69) is 27.6 Å². The number of carbonyl (C=O) groups is 2. The zero-order chi connectivity index (χ0) is 34.9. The molecule has 12 nitrogen and oxygen atoms in total. The van der Waals surface area contributed by atoms with Gasteiger partial charge in [-0.2, -0.15) is 18.3 Å². The van der Waals surface area contributed by atoms with Crippen molar-refractivity contribution in [2.24, 2.45) is 0 Å². The molecule has 0 saturated carbocycles. The Labute approximate surface area is 282 Å². The van der Waals surface area contributed by atoms with Gasteiger partial charge in [-0.25, -0.2) is 17.5 Å². The van der Waals surface area contributed by atoms with Crippen LogP contribution in [0.3, 0.4) is 0 Å². The maximum absolute atomic E-state index is 15.5. The summed E-state index contributed by atoms with van der Waals surface area (Å²) in [6.45, 7) is -0.273. The number of rotatable bonds is 2. The molecule has 3 N–H and O–H groups in total. The number of thioether (sulfide) groups is 1. The zero-order valence-electron chi connectivity index (χ0n) is 25.8. The minimum absolute atomic E-state index is 0.0147. The molecule has 5 aliphatic rings. The number of pyridine rings is 1. The van der Waals surface area contributed by atoms with Crippen molar-refractivity contribution in [1.29, 1.82) is 0 Å². The Kier molecular flexibility index (Phi) is 9.40. The largest absolute Gasteiger partial charge is 0.495 e. The summed E-state index contributed by atoms with van der Waals surface area (Å²) in [6.07, 6.45) is 2.76. The van der Waals surface area contributed by atoms with Gasteiger partial charge in [0, 0.05) is 36.3 Å². The van der Waals surface area contributed by atoms with Gasteiger partial charge in [0.25, 0.3) is 11.8 Å². The predicted molar refractivity (Wildman–Crippen MR) is 174 cm³/mol. The fourth-order valence-corrected chi connectivity index (χ4v) is 7.18. The number of benzene rings is 1. The van der Waals surface area contributed by atoms with E-state index >= 15 is 4.39 Å². The van der Waals surface area contributed by atoms with E-state index in [0.717, 1.165) is 0 Å². The number of nitrogens with zero attached hydrogens (tertiary/aromatic N) is 4. The number of carbonyl (C=O) groups excluding carboxylic acids is 2. The van der Waals surface area contributed by atoms with Gasteiger partial charge in [-0.3, -0.25) is 14.3 Å². The predicted octanol–water partition coefficient (Wildman–Crippen LogP) is 3.96. The van der Waals surface area contributed by atoms with Crippen molar-refractivity contribution in [3.05, 3.63) is 71.7 Å². The third kappa shape index (κ3) is 7.73. The van der Waals surface area contributed by atoms with E-state index in [1.165, 1.54) is 63.9 Å². The Hall–Kier alpha value is -4.89. The Morgan fingerprint density at radius 1 is 1.10 bits per heavy atom. The second kappa shape index (κ2) is 13.6. The molecule has 0 aliphatic carbocycles. The molecule has 0 spiro atoms. The minimum atomic E-state index is -4.62. The summed E-state index contributed by atoms with van der Waals surface area (Å²) >= 11 is -0.318. The molecule has 1 saturated heterocycles. The number of methoxy groups -OCH3 is 1. The normalized spacial score (nSPS) is 20.0. The van der Waals surface area contributed by atoms with Crippen molar-refractivity contribution in [2.45, 2.75) is 35.7 Å². The van der Waals surface area contributed by atoms with Crippen LogP contribution in [0.4, 0.5) is 28.9 Å². The van der Waals surface area contributed by atoms with E-state index in [1.54, 1.807) is 12.1 Å². The average Bonchev–Trinajstić information content (AvgIpc) is 3.67. The van der Waals surface area contributed by atoms with Crippen molar-refractivity contribution in [3.8, 4) is 17.6 Å². The molecule has 258 valence electrons. The summed E-state index contributed by atoms with van der Waals surface area (Å²) in [5.41, 5.74) is -3.25. The van der Waals surface area contributed by atoms with Gasteiger partial charge in [0.05, 0.1) is 72.8 Å². The van der Waals surface area contributed by atoms with Crippen molar-refractivity contribution < 1.29 is 40.3 Å². The number of nitrogens with one attached hydrogen (secondary N) is 3. The van der Waals surface area contributed by atoms with Crippen LogP contribution in [0.25, 0.3) is 5.52 Å². The molecule has 8 bridgehead atoms. The highest BCUT2D eigenvalue weighted by Crippen LogP contribution is 2.41. The van der Waals surface area contributed by atoms with Crippen LogP contribution >= 0.6 is 11.8 Å². The molecule has 1 aromatic carbocycles. The van der Waals surface area contributed by atoms with E-state index in [-0.39, 0.29) is 71.8 Å². The number of aryl methyl sites for hydroxylation is 1. The standard InChI is InChI=1S/C31H29F4N7O5S2/c1-47-27-15-19-6-7-25(27)36-9-2-4-20-14-26-24(5-3-10-42(26)30(20)48-31(33,34)35)38-23-8-11-40(18-22(23)32)29(44)21-16-37-41(17-21)12-13-49(45,46)39-28(19)43/h3,5-7,10,14-17,22-23,36,38H,8-9,11-13,18H2,1H3,(H,39,43)/t22-,23+/m0/s1. The van der Waals surface area contributed by atoms with E-state index < -0.39 is 45.3 Å². The van der Waals surface area contributed by atoms with Crippen molar-refractivity contribution in [2.75, 3.05) is 43.1 Å². The quantitative estimate of drug-likeness (QED) is 0.160. The number of ether oxygens (including phenoxy) is 1. The average molecular weight is 720 g/mol. The first-order valence-electron chi connectivity index (χ1n) is 14.9. The van der Waals surface area contributed by atoms with Gasteiger partial charge in [-0.15, -0.1) is 0 Å². The number of anilines is 2. The van der Waals surface area contributed by atoms with Gasteiger partial charge in [0.15, 0.2) is 0 Å². The lowest BCUT2D eigenvalue weighted by molar-refractivity contribution is -0.0330. The number of sulfonamides is 1. The fourth-order valence-electron chi connectivity index (χ4n) is 5.55. The molecule has 5 aliphatic heterocycles. The third-order valence-electron chi connectivity index (χ3n) is 7.92. The molecule has 0 radical (unpaired) electrons. The number of hydrogen-bond acceptors (Lipinski definition) is 9. The molecule has 49 heavy (non-hydrogen) atoms. The zero-order valence-corrected chi connectivity index (χ0v) is 27.4. The fraction of sp³-hybridized carbons (Fsp3) is 0.323. The number of hydrogen-bond donors (Lipinski definition) is 3. The smallest absolute Gasteiger partial charge is 0.447 e. The van der Waals surface area contributed by atoms with E-state index in [0.29, 0.717) is 16.9 Å². The molecule has 4 aromatic rings. The Morgan fingerprint density at radius 3 is 2.67 bits per heavy atom. The summed E-state index contributed by atoms with van der Waals surface area (Å²) in [5.74, 6) is 3.87. The third-order valence-corrected chi connectivity index (χ3v) is 9.98. The van der Waals surface area contributed by atoms with Crippen LogP contribution in [0.1, 0.15) is 32.7 Å². The van der Waals surface area contributed by atoms with E-state index in [1.807, 2.05) is 4.72 Å². The van der Waals surface area contributed by atoms with E-state index in [4.69, 9.17) is 4.74 Å². The summed E-state index contributed by atoms with van der Waals surface area (Å²) in [6, 6.07) is 8.12. The molecule has 8 heterocycles. The van der Waals surface area contributed by atoms with Crippen molar-refractivity contribution in [3.63, 3.8) is 0 Å². The number of piperidine rings is 1. The Morgan fingerprint density at radius 2 is 1.92 bits per heavy atom. The first-order chi connectivity index (χ1) is 23.3. The topological polar surface area (TPSA) is 139 Å². The number of aromatic nitrogens is 3. The second-order valence-corrected chi connectivity index (χ2v) is 14.1. The molecule has 2 amide bonds. The van der Waals surface area contributed by atoms with Crippen molar-refractivity contribution in [1.82, 2.24) is 23.8 Å². The molecule has 2 atom stereocenters. The van der Waals surface area contributed by atoms with Gasteiger partial charge in [-0.1, -0.05) is 11.8 Å². The summed E-state index contributed by atoms with van der Waals surface area (Å²) in [5, 5.41) is 10.0. The Bertz CT molecular complexity index is 2090. The summed E-state index contributed by atoms with van der Waals surface area (Å²) < 4.78 is 91.9. The maximum Gasteiger partial charge on any atom is 0.447 e. The lowest BCUT2D eigenvalue weighted by Crippen LogP contribution is -2.49. The van der Waals surface area contributed by atoms with Gasteiger partial charge in [0.1, 0.15) is 16.9 Å². The summed E-state index contributed by atoms with van der Waals surface area (Å²) in [4.78, 5) is 27.3. The molecular formula is C31H29F4N7O5S2. The lowest BCUT2D eigenvalue weighted by atomic mass is 10.0. The highest BCUT2D eigenvalue weighted by Gasteiger charge is 2.34. The number of alkyl halides is 4. The molecule has 1 fully saturated rings. The maximum atomic E-state index is 15.5. The molecule has 18 heteroatoms. The first-order valence-corrected chi connectivity index (χ1v) is 17.3. The summed E-state index contributed by atoms with van der Waals surface area (Å²) in [7, 11) is -2.78. The van der Waals surface area contributed by atoms with Crippen LogP contribution < -0.4 is 20.1 Å². The van der Waals surface area contributed by atoms with Crippen LogP contribution in [-0.4, -0.2) is 89.5 Å². The van der Waals surface area contributed by atoms with Gasteiger partial charge in [-0.05, 0) is 42.8 Å². The van der Waals surface area contributed by atoms with Crippen molar-refractivity contribution >= 4 is 50.5 Å². The highest BCUT2D eigenvalue weighted by molar-refractivity contribution is 8.00. The molecule has 3 aromatic heterocycles. The van der Waals surface area contributed by atoms with Crippen LogP contribution in [0.5, 0.6) is 5.75 Å². The minimum Gasteiger partial charge on any atom is -0.495 e. The first kappa shape index (κ1) is 34.0. The van der Waals surface area contributed by atoms with Crippen LogP contribution in [0.15, 0.2) is 60.0 Å². The highest BCUT2D eigenvalue weighted by atomic mass is 32.2. The number of halogens is 4. The van der Waals surface area contributed by atoms with Crippen LogP contribution in [0, 0.1) is 11.8 Å². The van der Waals surface area contributed by atoms with Gasteiger partial charge >= 0.3 is 5.51 Å². The molecular weight excluding hydrogens is 691 g/mol. The second-order valence-electron chi connectivity index (χ2n) is 11.2. The number of amides is 2. The van der Waals surface area contributed by atoms with E-state index in [9.17, 15) is 31.2 Å². The van der Waals surface area contributed by atoms with Crippen LogP contribution in [0.2, 0.25) is 0 Å². The van der Waals surface area contributed by atoms with Gasteiger partial charge in [0.2, 0.25) is 10.0 Å². The van der Waals surface area contributed by atoms with Gasteiger partial charge < -0.3 is 24.7 Å². The Balaban J connectivity index is 1.36. The van der Waals surface area contributed by atoms with Crippen LogP contribution in [-0.2, 0) is 16.6 Å². The molecule has 9 rings (SSSR count). The SMILES string of the molecule is COc1cc2ccc1NCC#Cc1cc3c(cccn3c1SC(F)(F)F)N[C@@H]1CCN(C[C@@H]1F)C(=O)c1cnn(c1)CCS(=O)(=O)NC2=O. The monoisotopic (exact) mass is 719 g/mol. The molecule has 0 unspecified atom stereocenters. The lowest BCUT2D eigenvalue weighted by Gasteiger charge is -2.35.